The summed E-state index contributed by atoms with van der Waals surface area (Å²) in [5.74, 6) is 0. The van der Waals surface area contributed by atoms with Crippen molar-refractivity contribution in [1.82, 2.24) is 15.6 Å². The van der Waals surface area contributed by atoms with Crippen LogP contribution in [-0.4, -0.2) is 22.4 Å². The van der Waals surface area contributed by atoms with Gasteiger partial charge in [0.05, 0.1) is 6.21 Å². The molecule has 0 saturated carbocycles. The van der Waals surface area contributed by atoms with Crippen LogP contribution >= 0.6 is 39.5 Å². The van der Waals surface area contributed by atoms with Crippen molar-refractivity contribution in [2.75, 3.05) is 5.32 Å². The number of nitrogens with zero attached hydrogens (tertiary/aromatic N) is 2. The second-order valence-corrected chi connectivity index (χ2v) is 5.88. The number of hydrogen-bond acceptors (Lipinski definition) is 5. The van der Waals surface area contributed by atoms with Gasteiger partial charge in [0, 0.05) is 4.47 Å². The Kier molecular flexibility index (Phi) is 4.77. The van der Waals surface area contributed by atoms with Crippen molar-refractivity contribution in [3.8, 4) is 0 Å². The summed E-state index contributed by atoms with van der Waals surface area (Å²) in [6.07, 6.45) is 1.54. The number of benzene rings is 1. The van der Waals surface area contributed by atoms with Crippen LogP contribution in [0.25, 0.3) is 0 Å². The van der Waals surface area contributed by atoms with Crippen LogP contribution in [0.3, 0.4) is 0 Å². The number of anilines is 1. The van der Waals surface area contributed by atoms with Crippen LogP contribution in [-0.2, 0) is 0 Å². The van der Waals surface area contributed by atoms with Gasteiger partial charge in [-0.3, -0.25) is 10.4 Å². The molecule has 1 aromatic carbocycles. The minimum atomic E-state index is -0.480. The fourth-order valence-electron chi connectivity index (χ4n) is 1.12. The van der Waals surface area contributed by atoms with E-state index in [4.69, 9.17) is 12.2 Å². The van der Waals surface area contributed by atoms with Crippen molar-refractivity contribution < 1.29 is 4.79 Å². The number of aromatic amines is 1. The molecule has 0 bridgehead atoms. The van der Waals surface area contributed by atoms with Crippen LogP contribution in [0.2, 0.25) is 0 Å². The van der Waals surface area contributed by atoms with E-state index in [0.29, 0.717) is 9.09 Å². The monoisotopic (exact) mass is 357 g/mol. The van der Waals surface area contributed by atoms with E-state index in [1.54, 1.807) is 6.21 Å². The highest BCUT2D eigenvalue weighted by Gasteiger charge is 2.02. The number of H-pyrrole nitrogens is 1. The lowest BCUT2D eigenvalue weighted by molar-refractivity contribution is 0.252. The van der Waals surface area contributed by atoms with Crippen molar-refractivity contribution >= 4 is 56.9 Å². The Hall–Kier alpha value is -1.58. The van der Waals surface area contributed by atoms with Crippen molar-refractivity contribution in [3.05, 3.63) is 38.3 Å². The zero-order chi connectivity index (χ0) is 13.7. The van der Waals surface area contributed by atoms with Crippen LogP contribution in [0.4, 0.5) is 9.93 Å². The number of halogens is 1. The van der Waals surface area contributed by atoms with Gasteiger partial charge in [-0.25, -0.2) is 10.2 Å². The summed E-state index contributed by atoms with van der Waals surface area (Å²) < 4.78 is 1.48. The third kappa shape index (κ3) is 4.54. The first kappa shape index (κ1) is 13.8. The summed E-state index contributed by atoms with van der Waals surface area (Å²) in [6.45, 7) is 0. The zero-order valence-corrected chi connectivity index (χ0v) is 12.6. The molecule has 19 heavy (non-hydrogen) atoms. The molecule has 98 valence electrons. The number of amides is 2. The number of nitrogens with one attached hydrogen (secondary N) is 3. The fourth-order valence-corrected chi connectivity index (χ4v) is 2.17. The van der Waals surface area contributed by atoms with Gasteiger partial charge in [-0.05, 0) is 29.9 Å². The van der Waals surface area contributed by atoms with Gasteiger partial charge in [0.15, 0.2) is 3.95 Å². The molecule has 0 aliphatic carbocycles. The Morgan fingerprint density at radius 3 is 2.84 bits per heavy atom. The largest absolute Gasteiger partial charge is 0.341 e. The predicted octanol–water partition coefficient (Wildman–Crippen LogP) is 3.12. The third-order valence-electron chi connectivity index (χ3n) is 1.91. The van der Waals surface area contributed by atoms with Crippen molar-refractivity contribution in [1.29, 1.82) is 0 Å². The lowest BCUT2D eigenvalue weighted by Gasteiger charge is -1.98. The molecule has 0 saturated heterocycles. The quantitative estimate of drug-likeness (QED) is 0.448. The number of rotatable bonds is 3. The SMILES string of the molecule is O=C(N/N=C/c1ccc(Br)cc1)Nc1n[nH]c(=S)s1. The fraction of sp³-hybridized carbons (Fsp3) is 0. The van der Waals surface area contributed by atoms with Crippen LogP contribution < -0.4 is 10.7 Å². The van der Waals surface area contributed by atoms with Gasteiger partial charge < -0.3 is 0 Å². The molecule has 0 unspecified atom stereocenters. The van der Waals surface area contributed by atoms with E-state index < -0.39 is 6.03 Å². The summed E-state index contributed by atoms with van der Waals surface area (Å²) in [5, 5.41) is 13.1. The predicted molar refractivity (Wildman–Crippen MR) is 81.2 cm³/mol. The van der Waals surface area contributed by atoms with E-state index in [1.807, 2.05) is 24.3 Å². The van der Waals surface area contributed by atoms with Crippen molar-refractivity contribution in [3.63, 3.8) is 0 Å². The maximum atomic E-state index is 11.4. The van der Waals surface area contributed by atoms with E-state index in [1.165, 1.54) is 11.3 Å². The molecular weight excluding hydrogens is 350 g/mol. The van der Waals surface area contributed by atoms with Gasteiger partial charge in [0.2, 0.25) is 5.13 Å². The summed E-state index contributed by atoms with van der Waals surface area (Å²) in [7, 11) is 0. The van der Waals surface area contributed by atoms with Crippen LogP contribution in [0.1, 0.15) is 5.56 Å². The number of hydrazone groups is 1. The normalized spacial score (nSPS) is 10.6. The maximum Gasteiger partial charge on any atom is 0.341 e. The number of carbonyl (C=O) groups excluding carboxylic acids is 1. The Labute approximate surface area is 126 Å². The number of aromatic nitrogens is 2. The van der Waals surface area contributed by atoms with E-state index >= 15 is 0 Å². The van der Waals surface area contributed by atoms with E-state index in [-0.39, 0.29) is 0 Å². The van der Waals surface area contributed by atoms with Gasteiger partial charge in [-0.2, -0.15) is 5.10 Å². The second-order valence-electron chi connectivity index (χ2n) is 3.29. The molecule has 0 spiro atoms. The first-order chi connectivity index (χ1) is 9.13. The molecule has 0 aliphatic rings. The highest BCUT2D eigenvalue weighted by Crippen LogP contribution is 2.10. The summed E-state index contributed by atoms with van der Waals surface area (Å²) in [5.41, 5.74) is 3.20. The highest BCUT2D eigenvalue weighted by atomic mass is 79.9. The van der Waals surface area contributed by atoms with Gasteiger partial charge >= 0.3 is 6.03 Å². The highest BCUT2D eigenvalue weighted by molar-refractivity contribution is 9.10. The van der Waals surface area contributed by atoms with Crippen molar-refractivity contribution in [2.24, 2.45) is 5.10 Å². The number of carbonyl (C=O) groups is 1. The van der Waals surface area contributed by atoms with Gasteiger partial charge in [-0.15, -0.1) is 5.10 Å². The number of hydrogen-bond donors (Lipinski definition) is 3. The standard InChI is InChI=1S/C10H8BrN5OS2/c11-7-3-1-6(2-4-7)5-12-14-8(17)13-9-15-16-10(18)19-9/h1-5H,(H,16,18)(H2,13,14,15,17)/b12-5+. The summed E-state index contributed by atoms with van der Waals surface area (Å²) in [4.78, 5) is 11.4. The Bertz CT molecular complexity index is 648. The average molecular weight is 358 g/mol. The van der Waals surface area contributed by atoms with Gasteiger partial charge in [0.1, 0.15) is 0 Å². The molecule has 0 radical (unpaired) electrons. The van der Waals surface area contributed by atoms with Crippen molar-refractivity contribution in [2.45, 2.75) is 0 Å². The smallest absolute Gasteiger partial charge is 0.281 e. The summed E-state index contributed by atoms with van der Waals surface area (Å²) >= 11 is 9.34. The van der Waals surface area contributed by atoms with Crippen LogP contribution in [0.5, 0.6) is 0 Å². The molecule has 3 N–H and O–H groups in total. The first-order valence-electron chi connectivity index (χ1n) is 5.04. The van der Waals surface area contributed by atoms with E-state index in [0.717, 1.165) is 10.0 Å². The molecule has 9 heteroatoms. The van der Waals surface area contributed by atoms with Gasteiger partial charge in [-0.1, -0.05) is 39.4 Å². The van der Waals surface area contributed by atoms with Crippen LogP contribution in [0, 0.1) is 3.95 Å². The van der Waals surface area contributed by atoms with Gasteiger partial charge in [0.25, 0.3) is 0 Å². The average Bonchev–Trinajstić information content (AvgIpc) is 2.77. The zero-order valence-electron chi connectivity index (χ0n) is 9.38. The van der Waals surface area contributed by atoms with E-state index in [2.05, 4.69) is 42.0 Å². The molecule has 2 aromatic rings. The molecule has 2 amide bonds. The molecule has 0 fully saturated rings. The third-order valence-corrected chi connectivity index (χ3v) is 3.44. The minimum Gasteiger partial charge on any atom is -0.281 e. The molecular formula is C10H8BrN5OS2. The minimum absolute atomic E-state index is 0.390. The molecule has 1 heterocycles. The summed E-state index contributed by atoms with van der Waals surface area (Å²) in [6, 6.07) is 7.03. The Balaban J connectivity index is 1.86. The molecule has 6 nitrogen and oxygen atoms in total. The van der Waals surface area contributed by atoms with Crippen LogP contribution in [0.15, 0.2) is 33.8 Å². The number of urea groups is 1. The molecule has 2 rings (SSSR count). The lowest BCUT2D eigenvalue weighted by atomic mass is 10.2. The molecule has 0 aliphatic heterocycles. The topological polar surface area (TPSA) is 82.2 Å². The second kappa shape index (κ2) is 6.55. The molecule has 1 aromatic heterocycles. The first-order valence-corrected chi connectivity index (χ1v) is 7.06. The lowest BCUT2D eigenvalue weighted by Crippen LogP contribution is -2.24. The maximum absolute atomic E-state index is 11.4. The van der Waals surface area contributed by atoms with E-state index in [9.17, 15) is 4.79 Å². The Morgan fingerprint density at radius 2 is 2.21 bits per heavy atom. The Morgan fingerprint density at radius 1 is 1.47 bits per heavy atom. The molecule has 0 atom stereocenters.